The summed E-state index contributed by atoms with van der Waals surface area (Å²) >= 11 is 3.09. The Morgan fingerprint density at radius 3 is 2.70 bits per heavy atom. The Hall–Kier alpha value is -3.19. The highest BCUT2D eigenvalue weighted by molar-refractivity contribution is 8.00. The molecular weight excluding hydrogens is 470 g/mol. The van der Waals surface area contributed by atoms with Gasteiger partial charge in [-0.3, -0.25) is 9.48 Å². The van der Waals surface area contributed by atoms with Gasteiger partial charge in [-0.2, -0.15) is 10.2 Å². The summed E-state index contributed by atoms with van der Waals surface area (Å²) in [5.74, 6) is -2.57. The number of carbonyl (C=O) groups is 1. The maximum absolute atomic E-state index is 14.0. The Morgan fingerprint density at radius 2 is 2.06 bits per heavy atom. The first kappa shape index (κ1) is 23.0. The average molecular weight is 491 g/mol. The zero-order chi connectivity index (χ0) is 23.8. The van der Waals surface area contributed by atoms with Crippen LogP contribution in [0, 0.1) is 18.6 Å². The van der Waals surface area contributed by atoms with Gasteiger partial charge in [0.25, 0.3) is 5.91 Å². The molecule has 0 saturated carbocycles. The molecule has 4 rings (SSSR count). The molecule has 0 aromatic carbocycles. The summed E-state index contributed by atoms with van der Waals surface area (Å²) in [4.78, 5) is 22.1. The molecular formula is C20H20F2N8OS2. The minimum absolute atomic E-state index is 0.0335. The quantitative estimate of drug-likeness (QED) is 0.397. The minimum atomic E-state index is -0.940. The fourth-order valence-electron chi connectivity index (χ4n) is 3.34. The number of aromatic nitrogens is 7. The van der Waals surface area contributed by atoms with Crippen LogP contribution in [0.1, 0.15) is 34.4 Å². The molecule has 1 amide bonds. The summed E-state index contributed by atoms with van der Waals surface area (Å²) in [7, 11) is 1.85. The van der Waals surface area contributed by atoms with Crippen LogP contribution in [0.3, 0.4) is 0 Å². The summed E-state index contributed by atoms with van der Waals surface area (Å²) in [5, 5.41) is 17.1. The van der Waals surface area contributed by atoms with E-state index >= 15 is 0 Å². The van der Waals surface area contributed by atoms with Gasteiger partial charge in [-0.25, -0.2) is 18.7 Å². The predicted octanol–water partition coefficient (Wildman–Crippen LogP) is 2.90. The summed E-state index contributed by atoms with van der Waals surface area (Å²) in [6.07, 6.45) is 5.78. The molecule has 0 radical (unpaired) electrons. The molecule has 4 aromatic heterocycles. The van der Waals surface area contributed by atoms with Gasteiger partial charge in [-0.15, -0.1) is 21.2 Å². The normalized spacial score (nSPS) is 13.2. The number of thiazole rings is 1. The van der Waals surface area contributed by atoms with E-state index in [-0.39, 0.29) is 18.1 Å². The molecule has 0 saturated heterocycles. The molecule has 0 aliphatic heterocycles. The second kappa shape index (κ2) is 8.98. The van der Waals surface area contributed by atoms with E-state index in [1.807, 2.05) is 32.5 Å². The van der Waals surface area contributed by atoms with Crippen LogP contribution < -0.4 is 5.32 Å². The van der Waals surface area contributed by atoms with Gasteiger partial charge in [0.1, 0.15) is 10.2 Å². The molecule has 4 aromatic rings. The Morgan fingerprint density at radius 1 is 1.27 bits per heavy atom. The number of hydrogen-bond donors (Lipinski definition) is 1. The second-order valence-electron chi connectivity index (χ2n) is 7.46. The lowest BCUT2D eigenvalue weighted by Gasteiger charge is -2.28. The van der Waals surface area contributed by atoms with Gasteiger partial charge in [0.2, 0.25) is 5.82 Å². The smallest absolute Gasteiger partial charge is 0.273 e. The van der Waals surface area contributed by atoms with Crippen LogP contribution in [0.25, 0.3) is 5.82 Å². The lowest BCUT2D eigenvalue weighted by Crippen LogP contribution is -2.40. The van der Waals surface area contributed by atoms with Crippen LogP contribution in [0.15, 0.2) is 34.4 Å². The molecule has 1 unspecified atom stereocenters. The molecule has 1 N–H and O–H groups in total. The van der Waals surface area contributed by atoms with Crippen molar-refractivity contribution in [3.8, 4) is 5.82 Å². The lowest BCUT2D eigenvalue weighted by molar-refractivity contribution is 0.0941. The van der Waals surface area contributed by atoms with Crippen LogP contribution >= 0.6 is 23.1 Å². The van der Waals surface area contributed by atoms with E-state index in [0.29, 0.717) is 6.07 Å². The van der Waals surface area contributed by atoms with Crippen molar-refractivity contribution < 1.29 is 13.6 Å². The monoisotopic (exact) mass is 490 g/mol. The summed E-state index contributed by atoms with van der Waals surface area (Å²) in [6, 6.07) is 0.670. The fraction of sp³-hybridized carbons (Fsp3) is 0.300. The van der Waals surface area contributed by atoms with Crippen molar-refractivity contribution in [2.45, 2.75) is 23.6 Å². The van der Waals surface area contributed by atoms with Crippen molar-refractivity contribution in [2.75, 3.05) is 12.8 Å². The third-order valence-corrected chi connectivity index (χ3v) is 7.22. The van der Waals surface area contributed by atoms with Crippen LogP contribution in [0.5, 0.6) is 0 Å². The number of nitrogens with one attached hydrogen (secondary N) is 1. The van der Waals surface area contributed by atoms with Gasteiger partial charge < -0.3 is 5.32 Å². The molecule has 33 heavy (non-hydrogen) atoms. The third-order valence-electron chi connectivity index (χ3n) is 5.36. The Bertz CT molecular complexity index is 1320. The van der Waals surface area contributed by atoms with Crippen LogP contribution in [-0.4, -0.2) is 53.5 Å². The van der Waals surface area contributed by atoms with E-state index in [1.165, 1.54) is 17.5 Å². The number of nitrogens with zero attached hydrogens (tertiary/aromatic N) is 7. The number of pyridine rings is 1. The molecule has 1 atom stereocenters. The molecule has 0 bridgehead atoms. The van der Waals surface area contributed by atoms with Gasteiger partial charge in [0, 0.05) is 36.3 Å². The first-order valence-corrected chi connectivity index (χ1v) is 11.8. The number of aryl methyl sites for hydroxylation is 1. The van der Waals surface area contributed by atoms with Gasteiger partial charge >= 0.3 is 0 Å². The lowest BCUT2D eigenvalue weighted by atomic mass is 9.80. The first-order chi connectivity index (χ1) is 15.7. The van der Waals surface area contributed by atoms with E-state index in [9.17, 15) is 13.6 Å². The number of rotatable bonds is 7. The second-order valence-corrected chi connectivity index (χ2v) is 9.37. The Labute approximate surface area is 196 Å². The van der Waals surface area contributed by atoms with Crippen molar-refractivity contribution in [1.29, 1.82) is 0 Å². The van der Waals surface area contributed by atoms with Gasteiger partial charge in [-0.05, 0) is 20.1 Å². The molecule has 0 fully saturated rings. The van der Waals surface area contributed by atoms with E-state index < -0.39 is 23.0 Å². The SMILES string of the molecule is CSc1nc(C(C)(CNC(=O)c2cnn(-c3ncc(F)cc3F)n2)c2cnn(C)c2C)cs1. The highest BCUT2D eigenvalue weighted by Gasteiger charge is 2.35. The van der Waals surface area contributed by atoms with E-state index in [4.69, 9.17) is 4.98 Å². The highest BCUT2D eigenvalue weighted by Crippen LogP contribution is 2.35. The predicted molar refractivity (Wildman–Crippen MR) is 120 cm³/mol. The van der Waals surface area contributed by atoms with Gasteiger partial charge in [0.05, 0.1) is 29.7 Å². The molecule has 4 heterocycles. The van der Waals surface area contributed by atoms with E-state index in [1.54, 1.807) is 22.6 Å². The first-order valence-electron chi connectivity index (χ1n) is 9.74. The summed E-state index contributed by atoms with van der Waals surface area (Å²) in [6.45, 7) is 4.16. The summed E-state index contributed by atoms with van der Waals surface area (Å²) < 4.78 is 29.8. The summed E-state index contributed by atoms with van der Waals surface area (Å²) in [5.41, 5.74) is 2.01. The molecule has 13 heteroatoms. The maximum Gasteiger partial charge on any atom is 0.273 e. The zero-order valence-corrected chi connectivity index (χ0v) is 19.8. The number of hydrogen-bond acceptors (Lipinski definition) is 8. The molecule has 0 spiro atoms. The number of amides is 1. The van der Waals surface area contributed by atoms with Crippen molar-refractivity contribution in [1.82, 2.24) is 40.1 Å². The Kier molecular flexibility index (Phi) is 6.26. The van der Waals surface area contributed by atoms with Crippen molar-refractivity contribution in [2.24, 2.45) is 7.05 Å². The average Bonchev–Trinajstić information content (AvgIpc) is 3.53. The Balaban J connectivity index is 1.59. The molecule has 0 aliphatic carbocycles. The maximum atomic E-state index is 14.0. The number of thioether (sulfide) groups is 1. The van der Waals surface area contributed by atoms with Gasteiger partial charge in [0.15, 0.2) is 11.5 Å². The largest absolute Gasteiger partial charge is 0.349 e. The van der Waals surface area contributed by atoms with Crippen molar-refractivity contribution in [3.63, 3.8) is 0 Å². The topological polar surface area (TPSA) is 103 Å². The van der Waals surface area contributed by atoms with Crippen LogP contribution in [0.4, 0.5) is 8.78 Å². The standard InChI is InChI=1S/C20H20F2N8OS2/c1-11-13(7-25-29(11)3)20(2,16-9-33-19(27-16)32-4)10-24-18(31)15-8-26-30(28-15)17-14(22)5-12(21)6-23-17/h5-9H,10H2,1-4H3,(H,24,31). The molecule has 0 aliphatic rings. The fourth-order valence-corrected chi connectivity index (χ4v) is 4.74. The minimum Gasteiger partial charge on any atom is -0.349 e. The van der Waals surface area contributed by atoms with Crippen molar-refractivity contribution >= 4 is 29.0 Å². The van der Waals surface area contributed by atoms with Crippen LogP contribution in [-0.2, 0) is 12.5 Å². The van der Waals surface area contributed by atoms with Crippen molar-refractivity contribution in [3.05, 3.63) is 64.3 Å². The van der Waals surface area contributed by atoms with Gasteiger partial charge in [-0.1, -0.05) is 11.8 Å². The highest BCUT2D eigenvalue weighted by atomic mass is 32.2. The van der Waals surface area contributed by atoms with E-state index in [2.05, 4.69) is 25.6 Å². The number of carbonyl (C=O) groups excluding carboxylic acids is 1. The molecule has 172 valence electrons. The zero-order valence-electron chi connectivity index (χ0n) is 18.2. The molecule has 9 nitrogen and oxygen atoms in total. The number of halogens is 2. The van der Waals surface area contributed by atoms with Crippen LogP contribution in [0.2, 0.25) is 0 Å². The third kappa shape index (κ3) is 4.37. The van der Waals surface area contributed by atoms with E-state index in [0.717, 1.165) is 32.3 Å².